The van der Waals surface area contributed by atoms with Crippen LogP contribution in [0.5, 0.6) is 0 Å². The summed E-state index contributed by atoms with van der Waals surface area (Å²) in [5.41, 5.74) is 1.92. The Labute approximate surface area is 70.4 Å². The van der Waals surface area contributed by atoms with Crippen molar-refractivity contribution in [2.75, 3.05) is 0 Å². The highest BCUT2D eigenvalue weighted by molar-refractivity contribution is 5.98. The zero-order valence-corrected chi connectivity index (χ0v) is 6.79. The Hall–Kier alpha value is -1.12. The fraction of sp³-hybridized carbons (Fsp3) is 0.556. The highest BCUT2D eigenvalue weighted by atomic mass is 16.1. The van der Waals surface area contributed by atoms with Crippen molar-refractivity contribution in [1.82, 2.24) is 9.55 Å². The molecule has 3 rings (SSSR count). The molecule has 0 radical (unpaired) electrons. The smallest absolute Gasteiger partial charge is 0.183 e. The van der Waals surface area contributed by atoms with Crippen LogP contribution in [0.3, 0.4) is 0 Å². The fourth-order valence-corrected chi connectivity index (χ4v) is 1.88. The number of imidazole rings is 1. The van der Waals surface area contributed by atoms with Crippen molar-refractivity contribution in [2.45, 2.75) is 31.7 Å². The van der Waals surface area contributed by atoms with Crippen LogP contribution in [0.2, 0.25) is 0 Å². The average Bonchev–Trinajstić information content (AvgIpc) is 2.71. The largest absolute Gasteiger partial charge is 0.331 e. The lowest BCUT2D eigenvalue weighted by Gasteiger charge is -2.00. The number of carbonyl (C=O) groups is 1. The van der Waals surface area contributed by atoms with Gasteiger partial charge in [-0.05, 0) is 19.3 Å². The van der Waals surface area contributed by atoms with E-state index in [2.05, 4.69) is 9.55 Å². The van der Waals surface area contributed by atoms with Crippen LogP contribution in [0.1, 0.15) is 41.5 Å². The normalized spacial score (nSPS) is 21.5. The number of nitrogens with zero attached hydrogens (tertiary/aromatic N) is 2. The van der Waals surface area contributed by atoms with E-state index in [-0.39, 0.29) is 5.78 Å². The van der Waals surface area contributed by atoms with E-state index in [0.717, 1.165) is 12.1 Å². The van der Waals surface area contributed by atoms with Crippen molar-refractivity contribution in [3.05, 3.63) is 17.7 Å². The molecule has 0 atom stereocenters. The maximum atomic E-state index is 11.2. The summed E-state index contributed by atoms with van der Waals surface area (Å²) < 4.78 is 2.19. The maximum Gasteiger partial charge on any atom is 0.183 e. The first-order valence-corrected chi connectivity index (χ1v) is 4.45. The number of fused-ring (bicyclic) bond motifs is 1. The first-order valence-electron chi connectivity index (χ1n) is 4.45. The fourth-order valence-electron chi connectivity index (χ4n) is 1.88. The van der Waals surface area contributed by atoms with Gasteiger partial charge in [0, 0.05) is 18.2 Å². The van der Waals surface area contributed by atoms with Gasteiger partial charge in [-0.15, -0.1) is 0 Å². The first kappa shape index (κ1) is 6.40. The van der Waals surface area contributed by atoms with Gasteiger partial charge in [0.2, 0.25) is 0 Å². The summed E-state index contributed by atoms with van der Waals surface area (Å²) in [5.74, 6) is 0.226. The molecule has 3 nitrogen and oxygen atoms in total. The predicted octanol–water partition coefficient (Wildman–Crippen LogP) is 1.35. The third kappa shape index (κ3) is 0.709. The summed E-state index contributed by atoms with van der Waals surface area (Å²) in [6, 6.07) is 0.659. The Bertz CT molecular complexity index is 349. The SMILES string of the molecule is O=C1CCc2c1ncn2C1CC1. The minimum Gasteiger partial charge on any atom is -0.331 e. The van der Waals surface area contributed by atoms with Gasteiger partial charge in [-0.2, -0.15) is 0 Å². The molecule has 1 aromatic rings. The molecule has 3 heteroatoms. The average molecular weight is 162 g/mol. The van der Waals surface area contributed by atoms with E-state index in [4.69, 9.17) is 0 Å². The molecular weight excluding hydrogens is 152 g/mol. The van der Waals surface area contributed by atoms with Crippen LogP contribution in [-0.4, -0.2) is 15.3 Å². The molecular formula is C9H10N2O. The molecule has 1 fully saturated rings. The highest BCUT2D eigenvalue weighted by Gasteiger charge is 2.31. The summed E-state index contributed by atoms with van der Waals surface area (Å²) in [6.07, 6.45) is 5.93. The molecule has 0 bridgehead atoms. The van der Waals surface area contributed by atoms with Gasteiger partial charge >= 0.3 is 0 Å². The van der Waals surface area contributed by atoms with Crippen LogP contribution in [0, 0.1) is 0 Å². The van der Waals surface area contributed by atoms with E-state index in [1.807, 2.05) is 6.33 Å². The zero-order valence-electron chi connectivity index (χ0n) is 6.79. The molecule has 1 saturated carbocycles. The van der Waals surface area contributed by atoms with E-state index in [0.29, 0.717) is 12.5 Å². The summed E-state index contributed by atoms with van der Waals surface area (Å²) in [6.45, 7) is 0. The Morgan fingerprint density at radius 2 is 2.25 bits per heavy atom. The Balaban J connectivity index is 2.12. The molecule has 0 N–H and O–H groups in total. The molecule has 2 aliphatic carbocycles. The molecule has 62 valence electrons. The minimum absolute atomic E-state index is 0.226. The lowest BCUT2D eigenvalue weighted by Crippen LogP contribution is -1.96. The summed E-state index contributed by atoms with van der Waals surface area (Å²) in [7, 11) is 0. The van der Waals surface area contributed by atoms with E-state index in [9.17, 15) is 4.79 Å². The first-order chi connectivity index (χ1) is 5.86. The van der Waals surface area contributed by atoms with Crippen molar-refractivity contribution in [1.29, 1.82) is 0 Å². The van der Waals surface area contributed by atoms with Gasteiger partial charge in [0.25, 0.3) is 0 Å². The molecule has 0 spiro atoms. The van der Waals surface area contributed by atoms with Gasteiger partial charge in [-0.3, -0.25) is 4.79 Å². The number of carbonyl (C=O) groups excluding carboxylic acids is 1. The van der Waals surface area contributed by atoms with Crippen LogP contribution in [0.4, 0.5) is 0 Å². The van der Waals surface area contributed by atoms with E-state index in [1.165, 1.54) is 18.5 Å². The molecule has 0 saturated heterocycles. The second-order valence-electron chi connectivity index (χ2n) is 3.60. The third-order valence-electron chi connectivity index (χ3n) is 2.69. The van der Waals surface area contributed by atoms with Crippen molar-refractivity contribution in [2.24, 2.45) is 0 Å². The third-order valence-corrected chi connectivity index (χ3v) is 2.69. The van der Waals surface area contributed by atoms with Crippen molar-refractivity contribution in [3.63, 3.8) is 0 Å². The van der Waals surface area contributed by atoms with E-state index >= 15 is 0 Å². The lowest BCUT2D eigenvalue weighted by atomic mass is 10.3. The molecule has 1 aromatic heterocycles. The molecule has 0 aromatic carbocycles. The molecule has 1 heterocycles. The summed E-state index contributed by atoms with van der Waals surface area (Å²) >= 11 is 0. The van der Waals surface area contributed by atoms with E-state index in [1.54, 1.807) is 0 Å². The van der Waals surface area contributed by atoms with Crippen LogP contribution in [0.25, 0.3) is 0 Å². The quantitative estimate of drug-likeness (QED) is 0.624. The zero-order chi connectivity index (χ0) is 8.13. The van der Waals surface area contributed by atoms with Gasteiger partial charge in [-0.1, -0.05) is 0 Å². The van der Waals surface area contributed by atoms with Crippen LogP contribution in [-0.2, 0) is 6.42 Å². The number of Topliss-reactive ketones (excluding diaryl/α,β-unsaturated/α-hetero) is 1. The number of rotatable bonds is 1. The Kier molecular flexibility index (Phi) is 1.05. The molecule has 2 aliphatic rings. The van der Waals surface area contributed by atoms with Gasteiger partial charge in [0.05, 0.1) is 6.33 Å². The number of hydrogen-bond donors (Lipinski definition) is 0. The number of hydrogen-bond acceptors (Lipinski definition) is 2. The number of aromatic nitrogens is 2. The lowest BCUT2D eigenvalue weighted by molar-refractivity contribution is 0.0990. The highest BCUT2D eigenvalue weighted by Crippen LogP contribution is 2.37. The standard InChI is InChI=1S/C9H10N2O/c12-8-4-3-7-9(8)10-5-11(7)6-1-2-6/h5-6H,1-4H2. The second-order valence-corrected chi connectivity index (χ2v) is 3.60. The van der Waals surface area contributed by atoms with Crippen LogP contribution < -0.4 is 0 Å². The van der Waals surface area contributed by atoms with Gasteiger partial charge in [-0.25, -0.2) is 4.98 Å². The summed E-state index contributed by atoms with van der Waals surface area (Å²) in [4.78, 5) is 15.4. The van der Waals surface area contributed by atoms with Crippen molar-refractivity contribution >= 4 is 5.78 Å². The Morgan fingerprint density at radius 3 is 3.00 bits per heavy atom. The molecule has 0 unspecified atom stereocenters. The second kappa shape index (κ2) is 1.97. The molecule has 0 aliphatic heterocycles. The monoisotopic (exact) mass is 162 g/mol. The predicted molar refractivity (Wildman–Crippen MR) is 43.1 cm³/mol. The van der Waals surface area contributed by atoms with Crippen molar-refractivity contribution < 1.29 is 4.79 Å². The topological polar surface area (TPSA) is 34.9 Å². The van der Waals surface area contributed by atoms with Gasteiger partial charge < -0.3 is 4.57 Å². The van der Waals surface area contributed by atoms with Gasteiger partial charge in [0.1, 0.15) is 5.69 Å². The van der Waals surface area contributed by atoms with Crippen molar-refractivity contribution in [3.8, 4) is 0 Å². The van der Waals surface area contributed by atoms with Crippen LogP contribution >= 0.6 is 0 Å². The minimum atomic E-state index is 0.226. The van der Waals surface area contributed by atoms with Crippen LogP contribution in [0.15, 0.2) is 6.33 Å². The summed E-state index contributed by atoms with van der Waals surface area (Å²) in [5, 5.41) is 0. The molecule has 0 amide bonds. The Morgan fingerprint density at radius 1 is 1.42 bits per heavy atom. The van der Waals surface area contributed by atoms with Gasteiger partial charge in [0.15, 0.2) is 5.78 Å². The van der Waals surface area contributed by atoms with E-state index < -0.39 is 0 Å². The number of ketones is 1. The molecule has 12 heavy (non-hydrogen) atoms. The maximum absolute atomic E-state index is 11.2.